The summed E-state index contributed by atoms with van der Waals surface area (Å²) < 4.78 is 0. The number of nitrogens with zero attached hydrogens (tertiary/aromatic N) is 4. The van der Waals surface area contributed by atoms with Crippen LogP contribution in [0.1, 0.15) is 36.9 Å². The molecule has 1 atom stereocenters. The molecule has 0 radical (unpaired) electrons. The Balaban J connectivity index is 1.59. The Morgan fingerprint density at radius 1 is 1.10 bits per heavy atom. The molecule has 0 spiro atoms. The fourth-order valence-electron chi connectivity index (χ4n) is 3.97. The van der Waals surface area contributed by atoms with E-state index in [4.69, 9.17) is 9.97 Å². The first kappa shape index (κ1) is 20.8. The highest BCUT2D eigenvalue weighted by molar-refractivity contribution is 5.88. The molecule has 1 aliphatic heterocycles. The molecule has 6 heteroatoms. The Morgan fingerprint density at radius 2 is 1.74 bits per heavy atom. The Hall–Kier alpha value is -3.46. The van der Waals surface area contributed by atoms with Crippen LogP contribution in [-0.4, -0.2) is 35.5 Å². The summed E-state index contributed by atoms with van der Waals surface area (Å²) in [4.78, 5) is 24.7. The topological polar surface area (TPSA) is 81.9 Å². The number of nitrogens with one attached hydrogen (secondary N) is 1. The molecule has 2 heterocycles. The highest BCUT2D eigenvalue weighted by Crippen LogP contribution is 2.30. The molecule has 1 aliphatic rings. The van der Waals surface area contributed by atoms with E-state index >= 15 is 0 Å². The van der Waals surface area contributed by atoms with E-state index in [-0.39, 0.29) is 5.91 Å². The first-order chi connectivity index (χ1) is 15.2. The predicted octanol–water partition coefficient (Wildman–Crippen LogP) is 3.83. The Morgan fingerprint density at radius 3 is 2.42 bits per heavy atom. The zero-order valence-corrected chi connectivity index (χ0v) is 17.8. The van der Waals surface area contributed by atoms with Gasteiger partial charge < -0.3 is 10.2 Å². The van der Waals surface area contributed by atoms with Crippen molar-refractivity contribution >= 4 is 22.8 Å². The van der Waals surface area contributed by atoms with Crippen molar-refractivity contribution in [2.75, 3.05) is 24.5 Å². The van der Waals surface area contributed by atoms with Crippen LogP contribution in [0.2, 0.25) is 0 Å². The van der Waals surface area contributed by atoms with Crippen molar-refractivity contribution in [1.82, 2.24) is 15.3 Å². The molecular formula is C25H27N5O. The summed E-state index contributed by atoms with van der Waals surface area (Å²) in [6.07, 6.45) is 2.84. The Kier molecular flexibility index (Phi) is 6.42. The van der Waals surface area contributed by atoms with Crippen LogP contribution in [0.4, 0.5) is 5.82 Å². The lowest BCUT2D eigenvalue weighted by atomic mass is 9.98. The van der Waals surface area contributed by atoms with Crippen LogP contribution in [0, 0.1) is 17.2 Å². The lowest BCUT2D eigenvalue weighted by Gasteiger charge is -2.32. The van der Waals surface area contributed by atoms with Crippen LogP contribution in [0.5, 0.6) is 0 Å². The second-order valence-electron chi connectivity index (χ2n) is 8.18. The number of amides is 1. The van der Waals surface area contributed by atoms with Crippen molar-refractivity contribution in [2.45, 2.75) is 32.1 Å². The fourth-order valence-corrected chi connectivity index (χ4v) is 3.97. The normalized spacial score (nSPS) is 15.4. The maximum Gasteiger partial charge on any atom is 0.243 e. The SMILES string of the molecule is CC1CCN(c2nc3ccccc3nc2[C@@H](C#N)C(=O)NCCc2ccccc2)CC1. The minimum atomic E-state index is -0.998. The number of aromatic nitrogens is 2. The predicted molar refractivity (Wildman–Crippen MR) is 122 cm³/mol. The summed E-state index contributed by atoms with van der Waals surface area (Å²) in [5, 5.41) is 12.8. The molecule has 1 amide bonds. The van der Waals surface area contributed by atoms with E-state index in [2.05, 4.69) is 23.2 Å². The standard InChI is InChI=1S/C25H27N5O/c1-18-12-15-30(16-13-18)24-23(28-21-9-5-6-10-22(21)29-24)20(17-26)25(31)27-14-11-19-7-3-2-4-8-19/h2-10,18,20H,11-16H2,1H3,(H,27,31)/t20-/m1/s1. The molecule has 6 nitrogen and oxygen atoms in total. The van der Waals surface area contributed by atoms with Gasteiger partial charge in [-0.2, -0.15) is 5.26 Å². The Bertz CT molecular complexity index is 1080. The van der Waals surface area contributed by atoms with Crippen molar-refractivity contribution in [3.63, 3.8) is 0 Å². The smallest absolute Gasteiger partial charge is 0.243 e. The summed E-state index contributed by atoms with van der Waals surface area (Å²) >= 11 is 0. The molecule has 1 fully saturated rings. The summed E-state index contributed by atoms with van der Waals surface area (Å²) in [5.41, 5.74) is 3.07. The molecule has 1 saturated heterocycles. The van der Waals surface area contributed by atoms with Crippen LogP contribution in [-0.2, 0) is 11.2 Å². The number of rotatable bonds is 6. The van der Waals surface area contributed by atoms with Crippen molar-refractivity contribution in [2.24, 2.45) is 5.92 Å². The fraction of sp³-hybridized carbons (Fsp3) is 0.360. The summed E-state index contributed by atoms with van der Waals surface area (Å²) in [6.45, 7) is 4.44. The maximum absolute atomic E-state index is 13.0. The largest absolute Gasteiger partial charge is 0.355 e. The highest BCUT2D eigenvalue weighted by atomic mass is 16.1. The third-order valence-corrected chi connectivity index (χ3v) is 5.88. The highest BCUT2D eigenvalue weighted by Gasteiger charge is 2.29. The average molecular weight is 414 g/mol. The number of piperidine rings is 1. The van der Waals surface area contributed by atoms with Gasteiger partial charge in [0, 0.05) is 19.6 Å². The number of benzene rings is 2. The third kappa shape index (κ3) is 4.83. The van der Waals surface area contributed by atoms with E-state index in [9.17, 15) is 10.1 Å². The van der Waals surface area contributed by atoms with Gasteiger partial charge in [0.05, 0.1) is 17.1 Å². The summed E-state index contributed by atoms with van der Waals surface area (Å²) in [6, 6.07) is 19.8. The molecule has 0 aliphatic carbocycles. The minimum absolute atomic E-state index is 0.324. The Labute approximate surface area is 182 Å². The van der Waals surface area contributed by atoms with E-state index in [1.165, 1.54) is 0 Å². The molecule has 31 heavy (non-hydrogen) atoms. The summed E-state index contributed by atoms with van der Waals surface area (Å²) in [7, 11) is 0. The first-order valence-corrected chi connectivity index (χ1v) is 10.9. The number of carbonyl (C=O) groups is 1. The third-order valence-electron chi connectivity index (χ3n) is 5.88. The van der Waals surface area contributed by atoms with E-state index in [0.717, 1.165) is 37.0 Å². The van der Waals surface area contributed by atoms with Crippen molar-refractivity contribution < 1.29 is 4.79 Å². The molecular weight excluding hydrogens is 386 g/mol. The quantitative estimate of drug-likeness (QED) is 0.664. The molecule has 2 aromatic carbocycles. The second kappa shape index (κ2) is 9.57. The zero-order chi connectivity index (χ0) is 21.6. The van der Waals surface area contributed by atoms with Crippen molar-refractivity contribution in [3.05, 3.63) is 65.9 Å². The van der Waals surface area contributed by atoms with E-state index < -0.39 is 5.92 Å². The van der Waals surface area contributed by atoms with E-state index in [1.54, 1.807) is 0 Å². The average Bonchev–Trinajstić information content (AvgIpc) is 2.80. The van der Waals surface area contributed by atoms with Gasteiger partial charge in [-0.1, -0.05) is 49.4 Å². The van der Waals surface area contributed by atoms with Gasteiger partial charge in [0.15, 0.2) is 11.7 Å². The first-order valence-electron chi connectivity index (χ1n) is 10.9. The minimum Gasteiger partial charge on any atom is -0.355 e. The molecule has 0 unspecified atom stereocenters. The van der Waals surface area contributed by atoms with Crippen LogP contribution < -0.4 is 10.2 Å². The molecule has 1 N–H and O–H groups in total. The van der Waals surface area contributed by atoms with Gasteiger partial charge >= 0.3 is 0 Å². The molecule has 3 aromatic rings. The molecule has 0 saturated carbocycles. The van der Waals surface area contributed by atoms with E-state index in [1.807, 2.05) is 54.6 Å². The number of fused-ring (bicyclic) bond motifs is 1. The lowest BCUT2D eigenvalue weighted by molar-refractivity contribution is -0.121. The number of nitriles is 1. The maximum atomic E-state index is 13.0. The van der Waals surface area contributed by atoms with Crippen LogP contribution in [0.25, 0.3) is 11.0 Å². The van der Waals surface area contributed by atoms with Gasteiger partial charge in [0.1, 0.15) is 5.69 Å². The number of anilines is 1. The van der Waals surface area contributed by atoms with Gasteiger partial charge in [-0.25, -0.2) is 9.97 Å². The van der Waals surface area contributed by atoms with Crippen LogP contribution >= 0.6 is 0 Å². The van der Waals surface area contributed by atoms with Crippen LogP contribution in [0.15, 0.2) is 54.6 Å². The number of para-hydroxylation sites is 2. The van der Waals surface area contributed by atoms with Crippen LogP contribution in [0.3, 0.4) is 0 Å². The van der Waals surface area contributed by atoms with Gasteiger partial charge in [-0.15, -0.1) is 0 Å². The molecule has 0 bridgehead atoms. The van der Waals surface area contributed by atoms with Gasteiger partial charge in [0.2, 0.25) is 5.91 Å². The van der Waals surface area contributed by atoms with Crippen molar-refractivity contribution in [1.29, 1.82) is 5.26 Å². The lowest BCUT2D eigenvalue weighted by Crippen LogP contribution is -2.36. The number of hydrogen-bond donors (Lipinski definition) is 1. The second-order valence-corrected chi connectivity index (χ2v) is 8.18. The zero-order valence-electron chi connectivity index (χ0n) is 17.8. The molecule has 1 aromatic heterocycles. The molecule has 4 rings (SSSR count). The molecule has 158 valence electrons. The van der Waals surface area contributed by atoms with Gasteiger partial charge in [0.25, 0.3) is 0 Å². The van der Waals surface area contributed by atoms with E-state index in [0.29, 0.717) is 35.9 Å². The summed E-state index contributed by atoms with van der Waals surface area (Å²) in [5.74, 6) is 0.00777. The number of carbonyl (C=O) groups excluding carboxylic acids is 1. The van der Waals surface area contributed by atoms with Gasteiger partial charge in [-0.05, 0) is 42.9 Å². The number of hydrogen-bond acceptors (Lipinski definition) is 5. The monoisotopic (exact) mass is 413 g/mol. The van der Waals surface area contributed by atoms with Gasteiger partial charge in [-0.3, -0.25) is 4.79 Å². The van der Waals surface area contributed by atoms with Crippen molar-refractivity contribution in [3.8, 4) is 6.07 Å².